The largest absolute Gasteiger partial charge is 0.358 e. The third-order valence-corrected chi connectivity index (χ3v) is 5.21. The first-order valence-electron chi connectivity index (χ1n) is 7.30. The standard InChI is InChI=1S/C16H16N5O2S/c1-19-12-13(20(2)16(23)21(3)14(12)22)18-15(19)24-9-11-7-5-4-6-10(11)8-17/h4-7,12H,9H2,1-3H3/q+1. The molecule has 0 N–H and O–H groups in total. The number of hydrogen-bond acceptors (Lipinski definition) is 5. The summed E-state index contributed by atoms with van der Waals surface area (Å²) >= 11 is 1.44. The van der Waals surface area contributed by atoms with Crippen molar-refractivity contribution in [3.63, 3.8) is 0 Å². The topological polar surface area (TPSA) is 79.8 Å². The number of likely N-dealkylation sites (N-methyl/N-ethyl adjacent to an activating group) is 3. The zero-order chi connectivity index (χ0) is 17.4. The number of aliphatic imine (C=N–C) groups is 1. The maximum atomic E-state index is 12.4. The Bertz CT molecular complexity index is 839. The number of benzene rings is 1. The Morgan fingerprint density at radius 2 is 2.00 bits per heavy atom. The Morgan fingerprint density at radius 3 is 2.71 bits per heavy atom. The first kappa shape index (κ1) is 16.2. The van der Waals surface area contributed by atoms with E-state index in [0.717, 1.165) is 10.5 Å². The molecule has 1 atom stereocenters. The van der Waals surface area contributed by atoms with E-state index < -0.39 is 6.04 Å². The quantitative estimate of drug-likeness (QED) is 0.754. The van der Waals surface area contributed by atoms with E-state index in [1.54, 1.807) is 24.7 Å². The number of amidine groups is 2. The van der Waals surface area contributed by atoms with E-state index in [2.05, 4.69) is 11.1 Å². The molecular formula is C16H16N5O2S+. The SMILES string of the molecule is CN1C(=O)C2C(=NC(SCc3ccccc3C#N)=[N+]2C)N(C)C1=O. The van der Waals surface area contributed by atoms with Crippen LogP contribution in [-0.4, -0.2) is 64.5 Å². The lowest BCUT2D eigenvalue weighted by Gasteiger charge is -2.29. The van der Waals surface area contributed by atoms with Crippen LogP contribution in [0, 0.1) is 11.3 Å². The van der Waals surface area contributed by atoms with Gasteiger partial charge in [-0.05, 0) is 28.4 Å². The van der Waals surface area contributed by atoms with Gasteiger partial charge in [0.15, 0.2) is 0 Å². The van der Waals surface area contributed by atoms with Crippen molar-refractivity contribution in [1.29, 1.82) is 5.26 Å². The second kappa shape index (κ2) is 6.09. The normalized spacial score (nSPS) is 20.2. The van der Waals surface area contributed by atoms with Crippen molar-refractivity contribution in [2.45, 2.75) is 11.8 Å². The fraction of sp³-hybridized carbons (Fsp3) is 0.312. The first-order valence-corrected chi connectivity index (χ1v) is 8.28. The maximum absolute atomic E-state index is 12.4. The lowest BCUT2D eigenvalue weighted by molar-refractivity contribution is -0.502. The molecule has 3 amide bonds. The van der Waals surface area contributed by atoms with Crippen LogP contribution in [0.4, 0.5) is 4.79 Å². The summed E-state index contributed by atoms with van der Waals surface area (Å²) in [6.07, 6.45) is 0. The van der Waals surface area contributed by atoms with Crippen molar-refractivity contribution in [1.82, 2.24) is 9.80 Å². The van der Waals surface area contributed by atoms with E-state index in [1.165, 1.54) is 23.7 Å². The molecule has 1 aromatic rings. The fourth-order valence-electron chi connectivity index (χ4n) is 2.69. The molecule has 2 aliphatic heterocycles. The summed E-state index contributed by atoms with van der Waals surface area (Å²) in [4.78, 5) is 31.4. The van der Waals surface area contributed by atoms with Crippen LogP contribution < -0.4 is 0 Å². The molecular weight excluding hydrogens is 326 g/mol. The number of fused-ring (bicyclic) bond motifs is 1. The Balaban J connectivity index is 1.86. The summed E-state index contributed by atoms with van der Waals surface area (Å²) in [5, 5.41) is 9.82. The molecule has 0 aromatic heterocycles. The first-order chi connectivity index (χ1) is 11.5. The molecule has 1 saturated heterocycles. The molecule has 1 fully saturated rings. The average molecular weight is 342 g/mol. The second-order valence-electron chi connectivity index (χ2n) is 5.56. The van der Waals surface area contributed by atoms with E-state index in [1.807, 2.05) is 18.2 Å². The third-order valence-electron chi connectivity index (χ3n) is 4.12. The molecule has 0 bridgehead atoms. The second-order valence-corrected chi connectivity index (χ2v) is 6.50. The molecule has 0 saturated carbocycles. The van der Waals surface area contributed by atoms with Crippen LogP contribution in [0.25, 0.3) is 0 Å². The number of nitrogens with zero attached hydrogens (tertiary/aromatic N) is 5. The van der Waals surface area contributed by atoms with E-state index >= 15 is 0 Å². The summed E-state index contributed by atoms with van der Waals surface area (Å²) in [7, 11) is 4.87. The van der Waals surface area contributed by atoms with Gasteiger partial charge < -0.3 is 0 Å². The van der Waals surface area contributed by atoms with Crippen LogP contribution in [0.2, 0.25) is 0 Å². The number of carbonyl (C=O) groups is 2. The minimum atomic E-state index is -0.577. The number of thioether (sulfide) groups is 1. The highest BCUT2D eigenvalue weighted by Crippen LogP contribution is 2.24. The average Bonchev–Trinajstić information content (AvgIpc) is 2.93. The summed E-state index contributed by atoms with van der Waals surface area (Å²) in [5.41, 5.74) is 1.54. The number of imide groups is 1. The zero-order valence-electron chi connectivity index (χ0n) is 13.6. The van der Waals surface area contributed by atoms with Crippen LogP contribution in [-0.2, 0) is 10.5 Å². The van der Waals surface area contributed by atoms with Crippen LogP contribution in [0.15, 0.2) is 29.3 Å². The van der Waals surface area contributed by atoms with Gasteiger partial charge >= 0.3 is 11.2 Å². The van der Waals surface area contributed by atoms with Crippen molar-refractivity contribution in [3.8, 4) is 6.07 Å². The van der Waals surface area contributed by atoms with E-state index in [9.17, 15) is 9.59 Å². The monoisotopic (exact) mass is 342 g/mol. The molecule has 24 heavy (non-hydrogen) atoms. The highest BCUT2D eigenvalue weighted by Gasteiger charge is 2.51. The van der Waals surface area contributed by atoms with E-state index in [-0.39, 0.29) is 11.9 Å². The molecule has 1 aromatic carbocycles. The van der Waals surface area contributed by atoms with Crippen molar-refractivity contribution < 1.29 is 14.2 Å². The molecule has 0 spiro atoms. The minimum Gasteiger partial charge on any atom is -0.269 e. The number of urea groups is 1. The predicted molar refractivity (Wildman–Crippen MR) is 90.8 cm³/mol. The smallest absolute Gasteiger partial charge is 0.269 e. The Labute approximate surface area is 143 Å². The van der Waals surface area contributed by atoms with Crippen LogP contribution >= 0.6 is 11.8 Å². The Hall–Kier alpha value is -2.66. The summed E-state index contributed by atoms with van der Waals surface area (Å²) in [6, 6.07) is 8.59. The summed E-state index contributed by atoms with van der Waals surface area (Å²) in [5.74, 6) is 0.725. The Kier molecular flexibility index (Phi) is 4.11. The molecule has 2 heterocycles. The number of rotatable bonds is 2. The van der Waals surface area contributed by atoms with Crippen LogP contribution in [0.3, 0.4) is 0 Å². The number of hydrogen-bond donors (Lipinski definition) is 0. The molecule has 122 valence electrons. The van der Waals surface area contributed by atoms with Crippen molar-refractivity contribution in [2.75, 3.05) is 21.1 Å². The highest BCUT2D eigenvalue weighted by atomic mass is 32.2. The van der Waals surface area contributed by atoms with Gasteiger partial charge in [-0.2, -0.15) is 5.26 Å². The lowest BCUT2D eigenvalue weighted by Crippen LogP contribution is -2.61. The van der Waals surface area contributed by atoms with Crippen molar-refractivity contribution >= 4 is 34.7 Å². The van der Waals surface area contributed by atoms with Crippen molar-refractivity contribution in [2.24, 2.45) is 4.99 Å². The van der Waals surface area contributed by atoms with Crippen LogP contribution in [0.1, 0.15) is 11.1 Å². The van der Waals surface area contributed by atoms with Crippen LogP contribution in [0.5, 0.6) is 0 Å². The van der Waals surface area contributed by atoms with Gasteiger partial charge in [0.1, 0.15) is 0 Å². The maximum Gasteiger partial charge on any atom is 0.358 e. The molecule has 7 nitrogen and oxygen atoms in total. The third kappa shape index (κ3) is 2.47. The fourth-order valence-corrected chi connectivity index (χ4v) is 3.69. The van der Waals surface area contributed by atoms with Gasteiger partial charge in [0.25, 0.3) is 17.8 Å². The van der Waals surface area contributed by atoms with Gasteiger partial charge in [-0.1, -0.05) is 18.2 Å². The van der Waals surface area contributed by atoms with Crippen molar-refractivity contribution in [3.05, 3.63) is 35.4 Å². The summed E-state index contributed by atoms with van der Waals surface area (Å²) < 4.78 is 1.77. The molecule has 0 aliphatic carbocycles. The van der Waals surface area contributed by atoms with Gasteiger partial charge in [0.05, 0.1) is 18.7 Å². The van der Waals surface area contributed by atoms with Gasteiger partial charge in [0.2, 0.25) is 0 Å². The molecule has 1 unspecified atom stereocenters. The van der Waals surface area contributed by atoms with Gasteiger partial charge in [-0.25, -0.2) is 9.37 Å². The van der Waals surface area contributed by atoms with E-state index in [4.69, 9.17) is 5.26 Å². The van der Waals surface area contributed by atoms with Gasteiger partial charge in [-0.3, -0.25) is 14.6 Å². The predicted octanol–water partition coefficient (Wildman–Crippen LogP) is 1.09. The Morgan fingerprint density at radius 1 is 1.29 bits per heavy atom. The number of carbonyl (C=O) groups excluding carboxylic acids is 2. The molecule has 3 rings (SSSR count). The van der Waals surface area contributed by atoms with E-state index in [0.29, 0.717) is 22.3 Å². The molecule has 0 radical (unpaired) electrons. The minimum absolute atomic E-state index is 0.285. The number of nitriles is 1. The lowest BCUT2D eigenvalue weighted by atomic mass is 10.1. The zero-order valence-corrected chi connectivity index (χ0v) is 14.4. The highest BCUT2D eigenvalue weighted by molar-refractivity contribution is 8.13. The van der Waals surface area contributed by atoms with Gasteiger partial charge in [0, 0.05) is 19.8 Å². The number of amides is 3. The van der Waals surface area contributed by atoms with Gasteiger partial charge in [-0.15, -0.1) is 0 Å². The molecule has 2 aliphatic rings. The summed E-state index contributed by atoms with van der Waals surface area (Å²) in [6.45, 7) is 0. The molecule has 8 heteroatoms.